The van der Waals surface area contributed by atoms with Gasteiger partial charge in [0.15, 0.2) is 0 Å². The van der Waals surface area contributed by atoms with E-state index in [2.05, 4.69) is 133 Å². The predicted octanol–water partition coefficient (Wildman–Crippen LogP) is 9.34. The number of hydrogen-bond donors (Lipinski definition) is 1. The lowest BCUT2D eigenvalue weighted by Gasteiger charge is -2.33. The van der Waals surface area contributed by atoms with Gasteiger partial charge in [0.05, 0.1) is 0 Å². The average molecular weight is 536 g/mol. The molecule has 0 radical (unpaired) electrons. The van der Waals surface area contributed by atoms with Gasteiger partial charge < -0.3 is 5.73 Å². The van der Waals surface area contributed by atoms with Crippen LogP contribution in [0.25, 0.3) is 32.7 Å². The van der Waals surface area contributed by atoms with Crippen LogP contribution in [-0.2, 0) is 25.2 Å². The minimum atomic E-state index is -0.430. The standard InChI is InChI=1S/C38H34NP/c39-35(23-27-11-3-1-4-12-27)36(24-28-13-5-2-6-14-28)40-25-31-21-19-29-15-7-9-17-33(29)37(31)38-32(26-40)22-20-30-16-8-10-18-34(30)38/h1-22,35-36H,23-26,39H2/t35-,36?/m0/s1. The van der Waals surface area contributed by atoms with Crippen LogP contribution in [0.15, 0.2) is 133 Å². The first-order valence-electron chi connectivity index (χ1n) is 14.3. The van der Waals surface area contributed by atoms with E-state index in [0.29, 0.717) is 5.66 Å². The van der Waals surface area contributed by atoms with Crippen molar-refractivity contribution >= 4 is 29.5 Å². The fourth-order valence-electron chi connectivity index (χ4n) is 6.64. The lowest BCUT2D eigenvalue weighted by Crippen LogP contribution is -2.37. The normalized spacial score (nSPS) is 14.8. The van der Waals surface area contributed by atoms with Crippen molar-refractivity contribution in [3.05, 3.63) is 156 Å². The number of hydrogen-bond acceptors (Lipinski definition) is 1. The monoisotopic (exact) mass is 535 g/mol. The van der Waals surface area contributed by atoms with Crippen LogP contribution >= 0.6 is 7.92 Å². The van der Waals surface area contributed by atoms with Crippen molar-refractivity contribution in [2.75, 3.05) is 0 Å². The molecular weight excluding hydrogens is 501 g/mol. The van der Waals surface area contributed by atoms with Crippen molar-refractivity contribution in [3.8, 4) is 11.1 Å². The molecule has 0 fully saturated rings. The number of fused-ring (bicyclic) bond motifs is 7. The summed E-state index contributed by atoms with van der Waals surface area (Å²) in [4.78, 5) is 0. The molecule has 1 heterocycles. The zero-order valence-corrected chi connectivity index (χ0v) is 23.6. The number of rotatable bonds is 6. The summed E-state index contributed by atoms with van der Waals surface area (Å²) < 4.78 is 0. The fourth-order valence-corrected chi connectivity index (χ4v) is 9.74. The zero-order chi connectivity index (χ0) is 26.9. The van der Waals surface area contributed by atoms with E-state index in [9.17, 15) is 0 Å². The Bertz CT molecular complexity index is 1690. The van der Waals surface area contributed by atoms with E-state index in [-0.39, 0.29) is 6.04 Å². The van der Waals surface area contributed by atoms with Gasteiger partial charge in [0.25, 0.3) is 0 Å². The molecule has 7 rings (SSSR count). The second kappa shape index (κ2) is 11.0. The van der Waals surface area contributed by atoms with Crippen LogP contribution in [0.4, 0.5) is 0 Å². The van der Waals surface area contributed by atoms with E-state index < -0.39 is 7.92 Å². The van der Waals surface area contributed by atoms with Crippen molar-refractivity contribution in [1.82, 2.24) is 0 Å². The quantitative estimate of drug-likeness (QED) is 0.211. The van der Waals surface area contributed by atoms with E-state index in [4.69, 9.17) is 5.73 Å². The van der Waals surface area contributed by atoms with Crippen LogP contribution < -0.4 is 5.73 Å². The van der Waals surface area contributed by atoms with Crippen LogP contribution in [0.2, 0.25) is 0 Å². The molecule has 0 saturated heterocycles. The van der Waals surface area contributed by atoms with Crippen molar-refractivity contribution < 1.29 is 0 Å². The van der Waals surface area contributed by atoms with Crippen LogP contribution in [0, 0.1) is 0 Å². The molecule has 0 aliphatic carbocycles. The Hall–Kier alpha value is -3.77. The molecule has 0 spiro atoms. The summed E-state index contributed by atoms with van der Waals surface area (Å²) in [6, 6.07) is 49.2. The van der Waals surface area contributed by atoms with E-state index in [1.807, 2.05) is 0 Å². The lowest BCUT2D eigenvalue weighted by molar-refractivity contribution is 0.616. The maximum atomic E-state index is 7.22. The molecule has 6 aromatic carbocycles. The molecule has 0 saturated carbocycles. The van der Waals surface area contributed by atoms with E-state index >= 15 is 0 Å². The van der Waals surface area contributed by atoms with Gasteiger partial charge in [-0.2, -0.15) is 0 Å². The first kappa shape index (κ1) is 25.2. The largest absolute Gasteiger partial charge is 0.327 e. The van der Waals surface area contributed by atoms with Gasteiger partial charge in [-0.05, 0) is 85.8 Å². The Balaban J connectivity index is 1.39. The third-order valence-electron chi connectivity index (χ3n) is 8.59. The second-order valence-corrected chi connectivity index (χ2v) is 13.6. The third kappa shape index (κ3) is 4.86. The topological polar surface area (TPSA) is 26.0 Å². The van der Waals surface area contributed by atoms with E-state index in [0.717, 1.165) is 25.2 Å². The molecule has 196 valence electrons. The molecule has 1 aliphatic heterocycles. The maximum absolute atomic E-state index is 7.22. The van der Waals surface area contributed by atoms with Crippen LogP contribution in [0.1, 0.15) is 22.3 Å². The van der Waals surface area contributed by atoms with Crippen LogP contribution in [0.3, 0.4) is 0 Å². The lowest BCUT2D eigenvalue weighted by atomic mass is 9.88. The number of benzene rings is 6. The summed E-state index contributed by atoms with van der Waals surface area (Å²) in [6.07, 6.45) is 4.12. The highest BCUT2D eigenvalue weighted by Gasteiger charge is 2.32. The highest BCUT2D eigenvalue weighted by Crippen LogP contribution is 2.57. The summed E-state index contributed by atoms with van der Waals surface area (Å²) in [7, 11) is -0.430. The highest BCUT2D eigenvalue weighted by atomic mass is 31.1. The first-order chi connectivity index (χ1) is 19.7. The number of nitrogens with two attached hydrogens (primary N) is 1. The second-order valence-electron chi connectivity index (χ2n) is 11.2. The Morgan fingerprint density at radius 1 is 0.500 bits per heavy atom. The van der Waals surface area contributed by atoms with Crippen LogP contribution in [0.5, 0.6) is 0 Å². The zero-order valence-electron chi connectivity index (χ0n) is 22.7. The summed E-state index contributed by atoms with van der Waals surface area (Å²) in [6.45, 7) is 0. The van der Waals surface area contributed by atoms with Gasteiger partial charge in [0, 0.05) is 6.04 Å². The van der Waals surface area contributed by atoms with Crippen molar-refractivity contribution in [3.63, 3.8) is 0 Å². The molecule has 2 atom stereocenters. The van der Waals surface area contributed by atoms with Crippen molar-refractivity contribution in [2.45, 2.75) is 36.9 Å². The van der Waals surface area contributed by atoms with Gasteiger partial charge in [0.1, 0.15) is 0 Å². The summed E-state index contributed by atoms with van der Waals surface area (Å²) in [5, 5.41) is 5.35. The molecule has 1 aliphatic rings. The van der Waals surface area contributed by atoms with E-state index in [1.54, 1.807) is 0 Å². The van der Waals surface area contributed by atoms with Gasteiger partial charge in [-0.15, -0.1) is 0 Å². The smallest absolute Gasteiger partial charge is 0.0151 e. The van der Waals surface area contributed by atoms with Gasteiger partial charge >= 0.3 is 0 Å². The molecular formula is C38H34NP. The molecule has 1 unspecified atom stereocenters. The molecule has 2 N–H and O–H groups in total. The minimum Gasteiger partial charge on any atom is -0.327 e. The maximum Gasteiger partial charge on any atom is 0.0151 e. The van der Waals surface area contributed by atoms with E-state index in [1.165, 1.54) is 54.9 Å². The molecule has 40 heavy (non-hydrogen) atoms. The van der Waals surface area contributed by atoms with Gasteiger partial charge in [-0.25, -0.2) is 0 Å². The van der Waals surface area contributed by atoms with Gasteiger partial charge in [-0.3, -0.25) is 0 Å². The Morgan fingerprint density at radius 3 is 1.48 bits per heavy atom. The Labute approximate surface area is 238 Å². The minimum absolute atomic E-state index is 0.0969. The fraction of sp³-hybridized carbons (Fsp3) is 0.158. The predicted molar refractivity (Wildman–Crippen MR) is 173 cm³/mol. The first-order valence-corrected chi connectivity index (χ1v) is 16.1. The van der Waals surface area contributed by atoms with Crippen molar-refractivity contribution in [2.24, 2.45) is 5.73 Å². The molecule has 1 nitrogen and oxygen atoms in total. The molecule has 2 heteroatoms. The molecule has 0 aromatic heterocycles. The average Bonchev–Trinajstić information content (AvgIpc) is 3.18. The molecule has 0 bridgehead atoms. The summed E-state index contributed by atoms with van der Waals surface area (Å²) >= 11 is 0. The molecule has 6 aromatic rings. The summed E-state index contributed by atoms with van der Waals surface area (Å²) in [5.74, 6) is 0. The third-order valence-corrected chi connectivity index (χ3v) is 11.6. The Kier molecular flexibility index (Phi) is 6.94. The van der Waals surface area contributed by atoms with Gasteiger partial charge in [-0.1, -0.05) is 141 Å². The summed E-state index contributed by atoms with van der Waals surface area (Å²) in [5.41, 5.74) is 16.2. The Morgan fingerprint density at radius 2 is 0.950 bits per heavy atom. The SMILES string of the molecule is N[C@@H](Cc1ccccc1)C(Cc1ccccc1)P1Cc2ccc3ccccc3c2-c2c(ccc3ccccc23)C1. The molecule has 0 amide bonds. The van der Waals surface area contributed by atoms with Crippen molar-refractivity contribution in [1.29, 1.82) is 0 Å². The highest BCUT2D eigenvalue weighted by molar-refractivity contribution is 7.57. The van der Waals surface area contributed by atoms with Gasteiger partial charge in [0.2, 0.25) is 0 Å². The van der Waals surface area contributed by atoms with Crippen LogP contribution in [-0.4, -0.2) is 11.7 Å².